The van der Waals surface area contributed by atoms with E-state index in [-0.39, 0.29) is 48.6 Å². The van der Waals surface area contributed by atoms with E-state index >= 15 is 0 Å². The van der Waals surface area contributed by atoms with Gasteiger partial charge < -0.3 is 58.9 Å². The minimum atomic E-state index is -0.783. The molecule has 16 rings (SSSR count). The molecule has 2 fully saturated rings. The molecular weight excluding hydrogens is 1560 g/mol. The maximum absolute atomic E-state index is 13.2. The van der Waals surface area contributed by atoms with Gasteiger partial charge in [0.15, 0.2) is 0 Å². The van der Waals surface area contributed by atoms with Crippen molar-refractivity contribution in [3.8, 4) is 34.1 Å². The van der Waals surface area contributed by atoms with Crippen LogP contribution in [0.1, 0.15) is 76.6 Å². The highest BCUT2D eigenvalue weighted by Crippen LogP contribution is 2.40. The van der Waals surface area contributed by atoms with Crippen molar-refractivity contribution in [1.82, 2.24) is 20.4 Å². The fourth-order valence-electron chi connectivity index (χ4n) is 12.4. The SMILES string of the molecule is C1CCOC1.CC1(C)OB(c2cn[nH]c2)OC1(C)C.CN(C(=O)C1(C)COc2ccccc2C1)c1ccc(-c2cn[nH]c2)cc1.CN(C(=O)C1(C)COc2ccccc2C1)c1ccc(Br)cc1.Nc1ccc(Br)cc1.O=C(Nc1ccc(Br)cc1)C1COc2ccccc2C1.O=C(O)C1COc2ccccc2C1. The van der Waals surface area contributed by atoms with E-state index in [1.807, 2.05) is 256 Å². The van der Waals surface area contributed by atoms with Gasteiger partial charge in [0, 0.05) is 93.1 Å². The van der Waals surface area contributed by atoms with Gasteiger partial charge in [-0.15, -0.1) is 0 Å². The molecule has 6 N–H and O–H groups in total. The van der Waals surface area contributed by atoms with Crippen molar-refractivity contribution in [2.24, 2.45) is 22.7 Å². The Labute approximate surface area is 657 Å². The predicted molar refractivity (Wildman–Crippen MR) is 434 cm³/mol. The van der Waals surface area contributed by atoms with Crippen LogP contribution in [-0.4, -0.2) is 121 Å². The van der Waals surface area contributed by atoms with Gasteiger partial charge in [-0.3, -0.25) is 29.4 Å². The summed E-state index contributed by atoms with van der Waals surface area (Å²) in [6.45, 7) is 15.6. The Morgan fingerprint density at radius 3 is 1.34 bits per heavy atom. The lowest BCUT2D eigenvalue weighted by Crippen LogP contribution is -2.47. The molecule has 4 unspecified atom stereocenters. The summed E-state index contributed by atoms with van der Waals surface area (Å²) in [6, 6.07) is 62.0. The van der Waals surface area contributed by atoms with Crippen LogP contribution in [0, 0.1) is 22.7 Å². The fourth-order valence-corrected chi connectivity index (χ4v) is 13.2. The Balaban J connectivity index is 0.000000140. The number of nitrogen functional groups attached to an aromatic ring is 1. The normalized spacial score (nSPS) is 19.0. The first-order valence-electron chi connectivity index (χ1n) is 35.7. The van der Waals surface area contributed by atoms with Gasteiger partial charge in [-0.1, -0.05) is 133 Å². The van der Waals surface area contributed by atoms with Crippen LogP contribution in [0.4, 0.5) is 22.7 Å². The van der Waals surface area contributed by atoms with Crippen LogP contribution in [0.25, 0.3) is 11.1 Å². The number of aromatic nitrogens is 4. The van der Waals surface area contributed by atoms with Crippen molar-refractivity contribution in [2.75, 3.05) is 74.6 Å². The molecule has 4 atom stereocenters. The van der Waals surface area contributed by atoms with E-state index < -0.39 is 22.7 Å². The van der Waals surface area contributed by atoms with E-state index in [2.05, 4.69) is 73.5 Å². The molecule has 2 aromatic heterocycles. The van der Waals surface area contributed by atoms with Crippen molar-refractivity contribution in [2.45, 2.75) is 91.3 Å². The molecule has 6 aliphatic rings. The number of rotatable bonds is 9. The average molecular weight is 1660 g/mol. The number of aromatic amines is 2. The van der Waals surface area contributed by atoms with E-state index in [0.29, 0.717) is 39.1 Å². The minimum absolute atomic E-state index is 0.00169. The maximum Gasteiger partial charge on any atom is 0.498 e. The molecule has 10 aromatic rings. The van der Waals surface area contributed by atoms with Gasteiger partial charge >= 0.3 is 13.1 Å². The number of carbonyl (C=O) groups excluding carboxylic acids is 3. The lowest BCUT2D eigenvalue weighted by atomic mass is 9.81. The number of fused-ring (bicyclic) bond motifs is 4. The van der Waals surface area contributed by atoms with Crippen LogP contribution in [0.15, 0.2) is 232 Å². The molecule has 20 nitrogen and oxygen atoms in total. The second-order valence-electron chi connectivity index (χ2n) is 28.5. The number of aliphatic carboxylic acids is 1. The fraction of sp³-hybridized carbons (Fsp3) is 0.310. The smallest absolute Gasteiger partial charge is 0.492 e. The molecular formula is C84H92BBr3N8O12. The molecule has 108 heavy (non-hydrogen) atoms. The largest absolute Gasteiger partial charge is 0.498 e. The van der Waals surface area contributed by atoms with Gasteiger partial charge in [0.05, 0.1) is 40.1 Å². The summed E-state index contributed by atoms with van der Waals surface area (Å²) in [7, 11) is 3.33. The quantitative estimate of drug-likeness (QED) is 0.0665. The molecule has 564 valence electrons. The highest BCUT2D eigenvalue weighted by molar-refractivity contribution is 9.11. The van der Waals surface area contributed by atoms with Crippen molar-refractivity contribution < 1.29 is 57.3 Å². The van der Waals surface area contributed by atoms with E-state index in [4.69, 9.17) is 43.8 Å². The second-order valence-corrected chi connectivity index (χ2v) is 31.2. The lowest BCUT2D eigenvalue weighted by molar-refractivity contribution is -0.143. The number of carbonyl (C=O) groups is 4. The number of H-pyrrole nitrogens is 2. The molecule has 8 heterocycles. The zero-order chi connectivity index (χ0) is 77.0. The number of nitrogens with two attached hydrogens (primary N) is 1. The summed E-state index contributed by atoms with van der Waals surface area (Å²) < 4.78 is 42.3. The van der Waals surface area contributed by atoms with Crippen molar-refractivity contribution in [3.63, 3.8) is 0 Å². The molecule has 3 amide bonds. The third-order valence-electron chi connectivity index (χ3n) is 19.5. The Kier molecular flexibility index (Phi) is 28.1. The van der Waals surface area contributed by atoms with E-state index in [0.717, 1.165) is 118 Å². The number of hydrogen-bond donors (Lipinski definition) is 5. The van der Waals surface area contributed by atoms with Gasteiger partial charge in [0.2, 0.25) is 17.7 Å². The number of halogens is 3. The predicted octanol–water partition coefficient (Wildman–Crippen LogP) is 16.2. The zero-order valence-corrected chi connectivity index (χ0v) is 66.7. The number of nitrogens with zero attached hydrogens (tertiary/aromatic N) is 4. The molecule has 24 heteroatoms. The van der Waals surface area contributed by atoms with Crippen molar-refractivity contribution in [1.29, 1.82) is 0 Å². The Morgan fingerprint density at radius 2 is 0.917 bits per heavy atom. The lowest BCUT2D eigenvalue weighted by Gasteiger charge is -2.36. The molecule has 0 saturated carbocycles. The molecule has 0 spiro atoms. The number of nitrogens with one attached hydrogen (secondary N) is 3. The number of carboxylic acid groups (broad SMARTS) is 1. The number of ether oxygens (including phenoxy) is 5. The van der Waals surface area contributed by atoms with Crippen LogP contribution in [0.3, 0.4) is 0 Å². The van der Waals surface area contributed by atoms with E-state index in [9.17, 15) is 19.2 Å². The van der Waals surface area contributed by atoms with Crippen molar-refractivity contribution >= 4 is 107 Å². The van der Waals surface area contributed by atoms with Crippen LogP contribution in [0.2, 0.25) is 0 Å². The third kappa shape index (κ3) is 21.9. The first-order chi connectivity index (χ1) is 51.8. The second kappa shape index (κ2) is 37.5. The zero-order valence-electron chi connectivity index (χ0n) is 61.9. The van der Waals surface area contributed by atoms with E-state index in [1.54, 1.807) is 28.4 Å². The molecule has 0 aliphatic carbocycles. The molecule has 0 bridgehead atoms. The van der Waals surface area contributed by atoms with Gasteiger partial charge in [0.25, 0.3) is 0 Å². The van der Waals surface area contributed by atoms with E-state index in [1.165, 1.54) is 12.8 Å². The van der Waals surface area contributed by atoms with Gasteiger partial charge in [-0.25, -0.2) is 0 Å². The standard InChI is InChI=1S/C21H21N3O2.C18H18BrNO2.C16H14BrNO2.C10H10O3.C9H15BN2O2.C6H6BrN.C4H8O/c1-21(11-16-5-3-4-6-19(16)26-14-21)20(25)24(2)18-9-7-15(8-10-18)17-12-22-23-13-17;1-18(11-13-5-3-4-6-16(13)22-12-18)17(21)20(2)15-9-7-14(19)8-10-15;17-13-5-7-14(8-6-13)18-16(19)12-9-11-3-1-2-4-15(11)20-10-12;11-10(12)8-5-7-3-1-2-4-9(7)13-6-8;1-8(2)9(3,4)14-10(13-8)7-5-11-12-6-7;7-5-1-3-6(8)4-2-5;1-2-4-5-3-1/h3-10,12-13H,11,14H2,1-2H3,(H,22,23);3-10H,11-12H2,1-2H3;1-8,12H,9-10H2,(H,18,19);1-4,8H,5-6H2,(H,11,12);5-6H,1-4H3,(H,11,12);1-4H,8H2;1-4H2. The third-order valence-corrected chi connectivity index (χ3v) is 21.1. The molecule has 8 aromatic carbocycles. The average Bonchev–Trinajstić information content (AvgIpc) is 0.956. The summed E-state index contributed by atoms with van der Waals surface area (Å²) in [5.41, 5.74) is 14.3. The number of carboxylic acids is 1. The number of anilines is 4. The Hall–Kier alpha value is -9.56. The first kappa shape index (κ1) is 81.0. The Morgan fingerprint density at radius 1 is 0.509 bits per heavy atom. The number of para-hydroxylation sites is 4. The highest BCUT2D eigenvalue weighted by atomic mass is 79.9. The molecule has 2 saturated heterocycles. The number of amides is 3. The van der Waals surface area contributed by atoms with Crippen LogP contribution in [-0.2, 0) is 58.9 Å². The Bertz CT molecular complexity index is 4530. The number of benzene rings is 8. The van der Waals surface area contributed by atoms with Gasteiger partial charge in [-0.2, -0.15) is 10.2 Å². The highest BCUT2D eigenvalue weighted by Gasteiger charge is 2.52. The topological polar surface area (TPSA) is 255 Å². The molecule has 6 aliphatic heterocycles. The summed E-state index contributed by atoms with van der Waals surface area (Å²) in [6.07, 6.45) is 12.4. The van der Waals surface area contributed by atoms with Crippen LogP contribution in [0.5, 0.6) is 23.0 Å². The van der Waals surface area contributed by atoms with Gasteiger partial charge in [-0.05, 0) is 217 Å². The van der Waals surface area contributed by atoms with Gasteiger partial charge in [0.1, 0.15) is 49.4 Å². The summed E-state index contributed by atoms with van der Waals surface area (Å²) in [5.74, 6) is 2.29. The monoisotopic (exact) mass is 1650 g/mol. The van der Waals surface area contributed by atoms with Crippen LogP contribution >= 0.6 is 47.8 Å². The first-order valence-corrected chi connectivity index (χ1v) is 38.1. The van der Waals surface area contributed by atoms with Crippen molar-refractivity contribution in [3.05, 3.63) is 255 Å². The summed E-state index contributed by atoms with van der Waals surface area (Å²) in [4.78, 5) is 52.5. The summed E-state index contributed by atoms with van der Waals surface area (Å²) in [5, 5.41) is 25.1. The summed E-state index contributed by atoms with van der Waals surface area (Å²) >= 11 is 10.1. The van der Waals surface area contributed by atoms with Crippen LogP contribution < -0.4 is 45.3 Å². The number of hydrogen-bond acceptors (Lipinski definition) is 14. The minimum Gasteiger partial charge on any atom is -0.492 e. The maximum atomic E-state index is 13.2. The molecule has 0 radical (unpaired) electrons.